The molecule has 0 amide bonds. The summed E-state index contributed by atoms with van der Waals surface area (Å²) >= 11 is 2.94. The van der Waals surface area contributed by atoms with Crippen LogP contribution in [0.2, 0.25) is 0 Å². The van der Waals surface area contributed by atoms with Gasteiger partial charge in [-0.25, -0.2) is 17.5 Å². The minimum atomic E-state index is -3.89. The van der Waals surface area contributed by atoms with E-state index < -0.39 is 20.7 Å². The molecule has 1 aromatic rings. The fraction of sp³-hybridized carbons (Fsp3) is 0.455. The summed E-state index contributed by atoms with van der Waals surface area (Å²) in [4.78, 5) is 1.50. The summed E-state index contributed by atoms with van der Waals surface area (Å²) < 4.78 is 40.1. The summed E-state index contributed by atoms with van der Waals surface area (Å²) in [6.07, 6.45) is 0.636. The largest absolute Gasteiger partial charge is 0.399 e. The van der Waals surface area contributed by atoms with E-state index in [1.165, 1.54) is 6.07 Å². The number of hydrogen-bond donors (Lipinski definition) is 2. The predicted molar refractivity (Wildman–Crippen MR) is 76.9 cm³/mol. The van der Waals surface area contributed by atoms with Gasteiger partial charge in [-0.3, -0.25) is 0 Å². The van der Waals surface area contributed by atoms with Gasteiger partial charge in [-0.2, -0.15) is 0 Å². The van der Waals surface area contributed by atoms with Crippen LogP contribution in [0.1, 0.15) is 6.42 Å². The summed E-state index contributed by atoms with van der Waals surface area (Å²) in [7, 11) is -0.103. The lowest BCUT2D eigenvalue weighted by Crippen LogP contribution is -2.28. The van der Waals surface area contributed by atoms with Gasteiger partial charge in [0.1, 0.15) is 4.90 Å². The van der Waals surface area contributed by atoms with Crippen molar-refractivity contribution < 1.29 is 12.8 Å². The Kier molecular flexibility index (Phi) is 5.72. The van der Waals surface area contributed by atoms with Gasteiger partial charge in [0.25, 0.3) is 0 Å². The second kappa shape index (κ2) is 6.65. The molecule has 0 aliphatic rings. The van der Waals surface area contributed by atoms with E-state index in [2.05, 4.69) is 20.7 Å². The van der Waals surface area contributed by atoms with Crippen LogP contribution >= 0.6 is 15.9 Å². The fourth-order valence-electron chi connectivity index (χ4n) is 1.46. The zero-order valence-electron chi connectivity index (χ0n) is 10.8. The number of benzene rings is 1. The maximum atomic E-state index is 13.8. The van der Waals surface area contributed by atoms with Crippen molar-refractivity contribution in [3.05, 3.63) is 22.4 Å². The number of nitrogens with two attached hydrogens (primary N) is 1. The number of halogens is 2. The van der Waals surface area contributed by atoms with Crippen LogP contribution in [0.3, 0.4) is 0 Å². The Morgan fingerprint density at radius 3 is 2.63 bits per heavy atom. The van der Waals surface area contributed by atoms with Crippen LogP contribution in [0.5, 0.6) is 0 Å². The molecule has 0 saturated carbocycles. The molecule has 1 rings (SSSR count). The highest BCUT2D eigenvalue weighted by atomic mass is 79.9. The average molecular weight is 354 g/mol. The second-order valence-electron chi connectivity index (χ2n) is 4.37. The molecule has 0 heterocycles. The van der Waals surface area contributed by atoms with Gasteiger partial charge < -0.3 is 10.6 Å². The normalized spacial score (nSPS) is 12.1. The molecule has 108 valence electrons. The highest BCUT2D eigenvalue weighted by Crippen LogP contribution is 2.25. The van der Waals surface area contributed by atoms with E-state index in [1.807, 2.05) is 19.0 Å². The minimum absolute atomic E-state index is 0.0289. The number of hydrogen-bond acceptors (Lipinski definition) is 4. The first-order valence-corrected chi connectivity index (χ1v) is 7.90. The molecule has 0 aromatic heterocycles. The molecule has 8 heteroatoms. The number of nitrogens with zero attached hydrogens (tertiary/aromatic N) is 1. The van der Waals surface area contributed by atoms with Crippen LogP contribution in [0.15, 0.2) is 21.5 Å². The first kappa shape index (κ1) is 16.4. The molecule has 0 saturated heterocycles. The lowest BCUT2D eigenvalue weighted by molar-refractivity contribution is 0.400. The molecule has 19 heavy (non-hydrogen) atoms. The molecule has 3 N–H and O–H groups in total. The van der Waals surface area contributed by atoms with Gasteiger partial charge >= 0.3 is 0 Å². The molecular formula is C11H17BrFN3O2S. The van der Waals surface area contributed by atoms with Gasteiger partial charge in [0.2, 0.25) is 10.0 Å². The quantitative estimate of drug-likeness (QED) is 0.598. The lowest BCUT2D eigenvalue weighted by atomic mass is 10.3. The van der Waals surface area contributed by atoms with Crippen LogP contribution in [-0.4, -0.2) is 40.5 Å². The Balaban J connectivity index is 2.83. The molecule has 0 aliphatic carbocycles. The standard InChI is InChI=1S/C11H17BrFN3O2S/c1-16(2)5-3-4-15-19(17,18)10-7-8(14)6-9(12)11(10)13/h6-7,15H,3-5,14H2,1-2H3. The van der Waals surface area contributed by atoms with E-state index in [4.69, 9.17) is 5.73 Å². The summed E-state index contributed by atoms with van der Waals surface area (Å²) in [5.74, 6) is -0.839. The van der Waals surface area contributed by atoms with Crippen molar-refractivity contribution in [1.29, 1.82) is 0 Å². The van der Waals surface area contributed by atoms with E-state index in [9.17, 15) is 12.8 Å². The van der Waals surface area contributed by atoms with Crippen molar-refractivity contribution in [2.75, 3.05) is 32.9 Å². The van der Waals surface area contributed by atoms with E-state index in [0.717, 1.165) is 12.6 Å². The second-order valence-corrected chi connectivity index (χ2v) is 6.96. The summed E-state index contributed by atoms with van der Waals surface area (Å²) in [6.45, 7) is 0.984. The van der Waals surface area contributed by atoms with E-state index in [-0.39, 0.29) is 16.7 Å². The number of nitrogen functional groups attached to an aromatic ring is 1. The van der Waals surface area contributed by atoms with Gasteiger partial charge in [-0.1, -0.05) is 0 Å². The van der Waals surface area contributed by atoms with Gasteiger partial charge in [0.15, 0.2) is 5.82 Å². The van der Waals surface area contributed by atoms with Crippen LogP contribution < -0.4 is 10.5 Å². The first-order chi connectivity index (χ1) is 8.74. The third kappa shape index (κ3) is 4.72. The molecule has 0 unspecified atom stereocenters. The molecule has 0 fully saturated rings. The predicted octanol–water partition coefficient (Wildman–Crippen LogP) is 1.40. The van der Waals surface area contributed by atoms with Crippen LogP contribution in [-0.2, 0) is 10.0 Å². The molecule has 0 aliphatic heterocycles. The van der Waals surface area contributed by atoms with Crippen LogP contribution in [0, 0.1) is 5.82 Å². The Bertz CT molecular complexity index is 549. The first-order valence-electron chi connectivity index (χ1n) is 5.63. The Morgan fingerprint density at radius 1 is 1.42 bits per heavy atom. The third-order valence-electron chi connectivity index (χ3n) is 2.38. The SMILES string of the molecule is CN(C)CCCNS(=O)(=O)c1cc(N)cc(Br)c1F. The molecule has 0 spiro atoms. The van der Waals surface area contributed by atoms with Crippen LogP contribution in [0.4, 0.5) is 10.1 Å². The highest BCUT2D eigenvalue weighted by Gasteiger charge is 2.21. The molecule has 5 nitrogen and oxygen atoms in total. The zero-order chi connectivity index (χ0) is 14.6. The smallest absolute Gasteiger partial charge is 0.243 e. The van der Waals surface area contributed by atoms with E-state index >= 15 is 0 Å². The Morgan fingerprint density at radius 2 is 2.05 bits per heavy atom. The fourth-order valence-corrected chi connectivity index (χ4v) is 3.27. The Hall–Kier alpha value is -0.700. The molecule has 0 radical (unpaired) electrons. The van der Waals surface area contributed by atoms with Gasteiger partial charge in [0, 0.05) is 12.2 Å². The summed E-state index contributed by atoms with van der Waals surface area (Å²) in [5.41, 5.74) is 5.71. The van der Waals surface area contributed by atoms with E-state index in [1.54, 1.807) is 0 Å². The van der Waals surface area contributed by atoms with Crippen molar-refractivity contribution in [3.8, 4) is 0 Å². The van der Waals surface area contributed by atoms with Crippen molar-refractivity contribution in [3.63, 3.8) is 0 Å². The monoisotopic (exact) mass is 353 g/mol. The minimum Gasteiger partial charge on any atom is -0.399 e. The van der Waals surface area contributed by atoms with Crippen molar-refractivity contribution in [2.45, 2.75) is 11.3 Å². The molecule has 0 bridgehead atoms. The zero-order valence-corrected chi connectivity index (χ0v) is 13.2. The van der Waals surface area contributed by atoms with Crippen molar-refractivity contribution in [2.24, 2.45) is 0 Å². The van der Waals surface area contributed by atoms with Gasteiger partial charge in [0.05, 0.1) is 4.47 Å². The Labute approximate surface area is 121 Å². The van der Waals surface area contributed by atoms with Gasteiger partial charge in [-0.05, 0) is 55.1 Å². The van der Waals surface area contributed by atoms with Crippen molar-refractivity contribution in [1.82, 2.24) is 9.62 Å². The maximum Gasteiger partial charge on any atom is 0.243 e. The summed E-state index contributed by atoms with van der Waals surface area (Å²) in [6, 6.07) is 2.43. The average Bonchev–Trinajstić information content (AvgIpc) is 2.29. The third-order valence-corrected chi connectivity index (χ3v) is 4.42. The maximum absolute atomic E-state index is 13.8. The number of sulfonamides is 1. The number of rotatable bonds is 6. The van der Waals surface area contributed by atoms with Crippen LogP contribution in [0.25, 0.3) is 0 Å². The van der Waals surface area contributed by atoms with Gasteiger partial charge in [-0.15, -0.1) is 0 Å². The molecular weight excluding hydrogens is 337 g/mol. The molecule has 1 aromatic carbocycles. The topological polar surface area (TPSA) is 75.4 Å². The molecule has 0 atom stereocenters. The highest BCUT2D eigenvalue weighted by molar-refractivity contribution is 9.10. The van der Waals surface area contributed by atoms with Crippen molar-refractivity contribution >= 4 is 31.6 Å². The van der Waals surface area contributed by atoms with E-state index in [0.29, 0.717) is 6.42 Å². The summed E-state index contributed by atoms with van der Waals surface area (Å²) in [5, 5.41) is 0. The number of nitrogens with one attached hydrogen (secondary N) is 1. The lowest BCUT2D eigenvalue weighted by Gasteiger charge is -2.11. The number of anilines is 1.